The molecule has 2 nitrogen and oxygen atoms in total. The third-order valence-electron chi connectivity index (χ3n) is 5.86. The normalized spacial score (nSPS) is 29.1. The summed E-state index contributed by atoms with van der Waals surface area (Å²) in [6, 6.07) is 8.92. The van der Waals surface area contributed by atoms with E-state index in [0.717, 1.165) is 31.1 Å². The van der Waals surface area contributed by atoms with Gasteiger partial charge in [-0.3, -0.25) is 4.79 Å². The van der Waals surface area contributed by atoms with Gasteiger partial charge in [0.05, 0.1) is 5.41 Å². The predicted octanol–water partition coefficient (Wildman–Crippen LogP) is 4.75. The minimum Gasteiger partial charge on any atom is -0.353 e. The molecule has 23 heavy (non-hydrogen) atoms. The molecule has 0 saturated heterocycles. The molecule has 126 valence electrons. The molecule has 0 heterocycles. The van der Waals surface area contributed by atoms with Gasteiger partial charge in [-0.1, -0.05) is 56.5 Å². The molecule has 2 aliphatic carbocycles. The van der Waals surface area contributed by atoms with E-state index in [-0.39, 0.29) is 11.3 Å². The molecule has 1 aromatic carbocycles. The zero-order valence-electron chi connectivity index (χ0n) is 14.9. The van der Waals surface area contributed by atoms with E-state index in [2.05, 4.69) is 50.4 Å². The topological polar surface area (TPSA) is 29.1 Å². The molecule has 0 spiro atoms. The summed E-state index contributed by atoms with van der Waals surface area (Å²) >= 11 is 0. The van der Waals surface area contributed by atoms with Crippen molar-refractivity contribution in [3.05, 3.63) is 35.4 Å². The second kappa shape index (κ2) is 6.67. The van der Waals surface area contributed by atoms with Crippen molar-refractivity contribution < 1.29 is 4.79 Å². The first-order chi connectivity index (χ1) is 11.0. The molecule has 0 bridgehead atoms. The Labute approximate surface area is 141 Å². The number of hydrogen-bond acceptors (Lipinski definition) is 1. The number of carbonyl (C=O) groups is 1. The van der Waals surface area contributed by atoms with Crippen molar-refractivity contribution in [3.8, 4) is 0 Å². The third-order valence-corrected chi connectivity index (χ3v) is 5.86. The van der Waals surface area contributed by atoms with E-state index < -0.39 is 0 Å². The van der Waals surface area contributed by atoms with Crippen LogP contribution in [-0.4, -0.2) is 11.9 Å². The first kappa shape index (κ1) is 16.5. The monoisotopic (exact) mass is 313 g/mol. The number of hydrogen-bond donors (Lipinski definition) is 1. The highest BCUT2D eigenvalue weighted by molar-refractivity contribution is 5.91. The van der Waals surface area contributed by atoms with E-state index in [9.17, 15) is 4.79 Å². The van der Waals surface area contributed by atoms with Crippen LogP contribution >= 0.6 is 0 Å². The summed E-state index contributed by atoms with van der Waals surface area (Å²) in [5, 5.41) is 3.41. The smallest absolute Gasteiger partial charge is 0.230 e. The van der Waals surface area contributed by atoms with E-state index in [4.69, 9.17) is 0 Å². The van der Waals surface area contributed by atoms with E-state index in [1.807, 2.05) is 0 Å². The maximum absolute atomic E-state index is 12.9. The molecule has 1 N–H and O–H groups in total. The van der Waals surface area contributed by atoms with Gasteiger partial charge in [0, 0.05) is 6.04 Å². The highest BCUT2D eigenvalue weighted by Crippen LogP contribution is 2.48. The molecule has 2 fully saturated rings. The summed E-state index contributed by atoms with van der Waals surface area (Å²) in [5.41, 5.74) is 2.23. The SMILES string of the molecule is CCCC1CC(C)CC(NC(=O)C2(c3ccc(C)cc3)CC2)C1. The van der Waals surface area contributed by atoms with Gasteiger partial charge in [-0.15, -0.1) is 0 Å². The Morgan fingerprint density at radius 2 is 1.87 bits per heavy atom. The van der Waals surface area contributed by atoms with Crippen molar-refractivity contribution in [2.75, 3.05) is 0 Å². The van der Waals surface area contributed by atoms with Gasteiger partial charge in [0.1, 0.15) is 0 Å². The van der Waals surface area contributed by atoms with Gasteiger partial charge in [-0.2, -0.15) is 0 Å². The second-order valence-corrected chi connectivity index (χ2v) is 8.09. The molecule has 0 radical (unpaired) electrons. The van der Waals surface area contributed by atoms with Gasteiger partial charge >= 0.3 is 0 Å². The molecule has 0 aromatic heterocycles. The minimum absolute atomic E-state index is 0.228. The second-order valence-electron chi connectivity index (χ2n) is 8.09. The zero-order valence-corrected chi connectivity index (χ0v) is 14.9. The fraction of sp³-hybridized carbons (Fsp3) is 0.667. The molecule has 2 saturated carbocycles. The van der Waals surface area contributed by atoms with Crippen molar-refractivity contribution in [1.82, 2.24) is 5.32 Å². The number of benzene rings is 1. The highest BCUT2D eigenvalue weighted by Gasteiger charge is 2.51. The molecule has 3 rings (SSSR count). The quantitative estimate of drug-likeness (QED) is 0.835. The Hall–Kier alpha value is -1.31. The Kier molecular flexibility index (Phi) is 4.79. The Balaban J connectivity index is 1.65. The molecule has 3 unspecified atom stereocenters. The van der Waals surface area contributed by atoms with Crippen LogP contribution in [0, 0.1) is 18.8 Å². The van der Waals surface area contributed by atoms with Crippen molar-refractivity contribution in [2.24, 2.45) is 11.8 Å². The molecular weight excluding hydrogens is 282 g/mol. The zero-order chi connectivity index (χ0) is 16.4. The fourth-order valence-electron chi connectivity index (χ4n) is 4.48. The van der Waals surface area contributed by atoms with E-state index >= 15 is 0 Å². The van der Waals surface area contributed by atoms with Crippen LogP contribution in [0.4, 0.5) is 0 Å². The van der Waals surface area contributed by atoms with Gasteiger partial charge in [0.25, 0.3) is 0 Å². The standard InChI is InChI=1S/C21H31NO/c1-4-5-17-12-16(3)13-19(14-17)22-20(23)21(10-11-21)18-8-6-15(2)7-9-18/h6-9,16-17,19H,4-5,10-14H2,1-3H3,(H,22,23). The molecule has 1 aromatic rings. The van der Waals surface area contributed by atoms with Crippen LogP contribution in [0.5, 0.6) is 0 Å². The Morgan fingerprint density at radius 1 is 1.17 bits per heavy atom. The molecule has 2 aliphatic rings. The van der Waals surface area contributed by atoms with Crippen LogP contribution in [0.25, 0.3) is 0 Å². The maximum Gasteiger partial charge on any atom is 0.230 e. The lowest BCUT2D eigenvalue weighted by atomic mass is 9.77. The number of nitrogens with one attached hydrogen (secondary N) is 1. The first-order valence-corrected chi connectivity index (χ1v) is 9.41. The average molecular weight is 313 g/mol. The Bertz CT molecular complexity index is 543. The number of aryl methyl sites for hydroxylation is 1. The van der Waals surface area contributed by atoms with Crippen LogP contribution < -0.4 is 5.32 Å². The highest BCUT2D eigenvalue weighted by atomic mass is 16.2. The summed E-state index contributed by atoms with van der Waals surface area (Å²) in [6.45, 7) is 6.71. The van der Waals surface area contributed by atoms with Gasteiger partial charge in [0.2, 0.25) is 5.91 Å². The van der Waals surface area contributed by atoms with Gasteiger partial charge in [-0.05, 0) is 56.4 Å². The largest absolute Gasteiger partial charge is 0.353 e. The van der Waals surface area contributed by atoms with Crippen LogP contribution in [0.1, 0.15) is 69.9 Å². The summed E-state index contributed by atoms with van der Waals surface area (Å²) < 4.78 is 0. The summed E-state index contributed by atoms with van der Waals surface area (Å²) in [5.74, 6) is 1.81. The average Bonchev–Trinajstić information content (AvgIpc) is 3.29. The molecule has 1 amide bonds. The van der Waals surface area contributed by atoms with Crippen molar-refractivity contribution in [2.45, 2.75) is 77.2 Å². The van der Waals surface area contributed by atoms with Crippen molar-refractivity contribution >= 4 is 5.91 Å². The number of rotatable bonds is 5. The predicted molar refractivity (Wildman–Crippen MR) is 95.4 cm³/mol. The summed E-state index contributed by atoms with van der Waals surface area (Å²) in [6.07, 6.45) is 8.23. The number of amides is 1. The van der Waals surface area contributed by atoms with E-state index in [1.54, 1.807) is 0 Å². The van der Waals surface area contributed by atoms with Crippen LogP contribution in [0.2, 0.25) is 0 Å². The Morgan fingerprint density at radius 3 is 2.48 bits per heavy atom. The number of carbonyl (C=O) groups excluding carboxylic acids is 1. The first-order valence-electron chi connectivity index (χ1n) is 9.41. The van der Waals surface area contributed by atoms with Crippen LogP contribution in [0.15, 0.2) is 24.3 Å². The minimum atomic E-state index is -0.228. The maximum atomic E-state index is 12.9. The lowest BCUT2D eigenvalue weighted by molar-refractivity contribution is -0.124. The van der Waals surface area contributed by atoms with Gasteiger partial charge < -0.3 is 5.32 Å². The summed E-state index contributed by atoms with van der Waals surface area (Å²) in [7, 11) is 0. The fourth-order valence-corrected chi connectivity index (χ4v) is 4.48. The van der Waals surface area contributed by atoms with E-state index in [1.165, 1.54) is 36.8 Å². The van der Waals surface area contributed by atoms with Gasteiger partial charge in [-0.25, -0.2) is 0 Å². The summed E-state index contributed by atoms with van der Waals surface area (Å²) in [4.78, 5) is 12.9. The van der Waals surface area contributed by atoms with Gasteiger partial charge in [0.15, 0.2) is 0 Å². The van der Waals surface area contributed by atoms with Crippen LogP contribution in [-0.2, 0) is 10.2 Å². The molecular formula is C21H31NO. The van der Waals surface area contributed by atoms with Crippen molar-refractivity contribution in [1.29, 1.82) is 0 Å². The lowest BCUT2D eigenvalue weighted by Gasteiger charge is -2.34. The van der Waals surface area contributed by atoms with Crippen molar-refractivity contribution in [3.63, 3.8) is 0 Å². The van der Waals surface area contributed by atoms with Crippen LogP contribution in [0.3, 0.4) is 0 Å². The molecule has 2 heteroatoms. The molecule has 0 aliphatic heterocycles. The van der Waals surface area contributed by atoms with E-state index in [0.29, 0.717) is 6.04 Å². The lowest BCUT2D eigenvalue weighted by Crippen LogP contribution is -2.45. The third kappa shape index (κ3) is 3.62. The molecule has 3 atom stereocenters.